The Hall–Kier alpha value is -1.69. The number of carbonyl (C=O) groups is 1. The topological polar surface area (TPSA) is 66.0 Å². The standard InChI is InChI=1S/C15H10Cl2N2O2S/c16-10-5-12-13(6-11(10)17)19-15(18-12)22-7-8-3-1-2-4-9(8)14(20)21/h1-6H,7H2,(H,18,19)(H,20,21). The maximum atomic E-state index is 11.2. The zero-order valence-electron chi connectivity index (χ0n) is 11.1. The molecule has 4 nitrogen and oxygen atoms in total. The van der Waals surface area contributed by atoms with Crippen molar-refractivity contribution < 1.29 is 9.90 Å². The highest BCUT2D eigenvalue weighted by atomic mass is 35.5. The fourth-order valence-electron chi connectivity index (χ4n) is 2.05. The van der Waals surface area contributed by atoms with Crippen molar-refractivity contribution in [1.29, 1.82) is 0 Å². The van der Waals surface area contributed by atoms with Gasteiger partial charge in [0.1, 0.15) is 0 Å². The summed E-state index contributed by atoms with van der Waals surface area (Å²) in [5.74, 6) is -0.427. The van der Waals surface area contributed by atoms with Crippen LogP contribution in [0.2, 0.25) is 10.0 Å². The summed E-state index contributed by atoms with van der Waals surface area (Å²) in [6.07, 6.45) is 0. The van der Waals surface area contributed by atoms with Crippen molar-refractivity contribution in [2.24, 2.45) is 0 Å². The Morgan fingerprint density at radius 3 is 2.73 bits per heavy atom. The van der Waals surface area contributed by atoms with Crippen molar-refractivity contribution in [2.45, 2.75) is 10.9 Å². The van der Waals surface area contributed by atoms with Crippen molar-refractivity contribution in [3.8, 4) is 0 Å². The summed E-state index contributed by atoms with van der Waals surface area (Å²) < 4.78 is 0. The van der Waals surface area contributed by atoms with Gasteiger partial charge < -0.3 is 10.1 Å². The van der Waals surface area contributed by atoms with E-state index in [0.29, 0.717) is 26.5 Å². The number of aromatic nitrogens is 2. The lowest BCUT2D eigenvalue weighted by atomic mass is 10.1. The maximum Gasteiger partial charge on any atom is 0.335 e. The number of rotatable bonds is 4. The van der Waals surface area contributed by atoms with Gasteiger partial charge in [0.15, 0.2) is 5.16 Å². The molecule has 7 heteroatoms. The molecule has 0 amide bonds. The number of nitrogens with one attached hydrogen (secondary N) is 1. The Kier molecular flexibility index (Phi) is 4.29. The monoisotopic (exact) mass is 352 g/mol. The Labute approximate surface area is 140 Å². The molecule has 1 heterocycles. The van der Waals surface area contributed by atoms with Crippen LogP contribution in [0.1, 0.15) is 15.9 Å². The van der Waals surface area contributed by atoms with Crippen LogP contribution < -0.4 is 0 Å². The van der Waals surface area contributed by atoms with Crippen molar-refractivity contribution >= 4 is 52.0 Å². The molecule has 112 valence electrons. The summed E-state index contributed by atoms with van der Waals surface area (Å²) in [7, 11) is 0. The highest BCUT2D eigenvalue weighted by molar-refractivity contribution is 7.98. The number of aromatic amines is 1. The van der Waals surface area contributed by atoms with Crippen LogP contribution in [0, 0.1) is 0 Å². The smallest absolute Gasteiger partial charge is 0.335 e. The van der Waals surface area contributed by atoms with Gasteiger partial charge in [0.05, 0.1) is 26.6 Å². The lowest BCUT2D eigenvalue weighted by molar-refractivity contribution is 0.0696. The Balaban J connectivity index is 1.84. The van der Waals surface area contributed by atoms with E-state index >= 15 is 0 Å². The van der Waals surface area contributed by atoms with Gasteiger partial charge in [-0.1, -0.05) is 53.2 Å². The Morgan fingerprint density at radius 1 is 1.23 bits per heavy atom. The number of nitrogens with zero attached hydrogens (tertiary/aromatic N) is 1. The molecule has 0 atom stereocenters. The minimum atomic E-state index is -0.931. The van der Waals surface area contributed by atoms with Crippen molar-refractivity contribution in [1.82, 2.24) is 9.97 Å². The summed E-state index contributed by atoms with van der Waals surface area (Å²) >= 11 is 13.4. The number of hydrogen-bond acceptors (Lipinski definition) is 3. The molecule has 0 aliphatic carbocycles. The fourth-order valence-corrected chi connectivity index (χ4v) is 3.26. The molecule has 0 radical (unpaired) electrons. The molecule has 0 saturated heterocycles. The van der Waals surface area contributed by atoms with Gasteiger partial charge in [-0.3, -0.25) is 0 Å². The summed E-state index contributed by atoms with van der Waals surface area (Å²) in [5.41, 5.74) is 2.57. The van der Waals surface area contributed by atoms with E-state index in [2.05, 4.69) is 9.97 Å². The van der Waals surface area contributed by atoms with E-state index in [1.54, 1.807) is 30.3 Å². The van der Waals surface area contributed by atoms with Crippen molar-refractivity contribution in [3.05, 3.63) is 57.6 Å². The van der Waals surface area contributed by atoms with Crippen LogP contribution in [0.4, 0.5) is 0 Å². The van der Waals surface area contributed by atoms with E-state index in [1.165, 1.54) is 11.8 Å². The lowest BCUT2D eigenvalue weighted by Gasteiger charge is -2.03. The third-order valence-electron chi connectivity index (χ3n) is 3.11. The van der Waals surface area contributed by atoms with E-state index in [-0.39, 0.29) is 0 Å². The van der Waals surface area contributed by atoms with Gasteiger partial charge in [-0.2, -0.15) is 0 Å². The third-order valence-corrected chi connectivity index (χ3v) is 4.76. The third kappa shape index (κ3) is 3.06. The predicted molar refractivity (Wildman–Crippen MR) is 89.1 cm³/mol. The molecule has 0 aliphatic rings. The summed E-state index contributed by atoms with van der Waals surface area (Å²) in [6, 6.07) is 10.3. The fraction of sp³-hybridized carbons (Fsp3) is 0.0667. The number of carboxylic acids is 1. The average molecular weight is 353 g/mol. The highest BCUT2D eigenvalue weighted by Crippen LogP contribution is 2.29. The Bertz CT molecular complexity index is 825. The number of aromatic carboxylic acids is 1. The molecule has 22 heavy (non-hydrogen) atoms. The summed E-state index contributed by atoms with van der Waals surface area (Å²) in [5, 5.41) is 10.8. The average Bonchev–Trinajstić information content (AvgIpc) is 2.87. The molecule has 0 unspecified atom stereocenters. The van der Waals surface area contributed by atoms with Gasteiger partial charge in [-0.25, -0.2) is 9.78 Å². The number of carboxylic acid groups (broad SMARTS) is 1. The first-order valence-electron chi connectivity index (χ1n) is 6.33. The zero-order chi connectivity index (χ0) is 15.7. The second kappa shape index (κ2) is 6.20. The normalized spacial score (nSPS) is 11.0. The first kappa shape index (κ1) is 15.2. The van der Waals surface area contributed by atoms with E-state index in [9.17, 15) is 9.90 Å². The number of benzene rings is 2. The predicted octanol–water partition coefficient (Wildman–Crippen LogP) is 4.86. The molecule has 0 fully saturated rings. The molecule has 2 aromatic carbocycles. The number of hydrogen-bond donors (Lipinski definition) is 2. The van der Waals surface area contributed by atoms with Crippen LogP contribution in [0.5, 0.6) is 0 Å². The van der Waals surface area contributed by atoms with Crippen LogP contribution in [-0.4, -0.2) is 21.0 Å². The first-order valence-corrected chi connectivity index (χ1v) is 8.07. The highest BCUT2D eigenvalue weighted by Gasteiger charge is 2.11. The molecule has 2 N–H and O–H groups in total. The summed E-state index contributed by atoms with van der Waals surface area (Å²) in [6.45, 7) is 0. The molecule has 0 aliphatic heterocycles. The molecular formula is C15H10Cl2N2O2S. The number of imidazole rings is 1. The van der Waals surface area contributed by atoms with Crippen molar-refractivity contribution in [3.63, 3.8) is 0 Å². The lowest BCUT2D eigenvalue weighted by Crippen LogP contribution is -2.00. The molecule has 0 saturated carbocycles. The van der Waals surface area contributed by atoms with Crippen LogP contribution in [-0.2, 0) is 5.75 Å². The molecular weight excluding hydrogens is 343 g/mol. The molecule has 0 spiro atoms. The number of H-pyrrole nitrogens is 1. The van der Waals surface area contributed by atoms with Crippen molar-refractivity contribution in [2.75, 3.05) is 0 Å². The minimum absolute atomic E-state index is 0.303. The number of halogens is 2. The molecule has 3 aromatic rings. The van der Waals surface area contributed by atoms with Gasteiger partial charge in [-0.05, 0) is 23.8 Å². The SMILES string of the molecule is O=C(O)c1ccccc1CSc1nc2cc(Cl)c(Cl)cc2[nH]1. The van der Waals surface area contributed by atoms with Gasteiger partial charge in [-0.15, -0.1) is 0 Å². The maximum absolute atomic E-state index is 11.2. The zero-order valence-corrected chi connectivity index (χ0v) is 13.5. The van der Waals surface area contributed by atoms with Gasteiger partial charge >= 0.3 is 5.97 Å². The van der Waals surface area contributed by atoms with E-state index < -0.39 is 5.97 Å². The largest absolute Gasteiger partial charge is 0.478 e. The van der Waals surface area contributed by atoms with Gasteiger partial charge in [0, 0.05) is 5.75 Å². The van der Waals surface area contributed by atoms with E-state index in [0.717, 1.165) is 16.6 Å². The van der Waals surface area contributed by atoms with E-state index in [1.807, 2.05) is 6.07 Å². The molecule has 3 rings (SSSR count). The number of fused-ring (bicyclic) bond motifs is 1. The Morgan fingerprint density at radius 2 is 1.95 bits per heavy atom. The van der Waals surface area contributed by atoms with Crippen LogP contribution in [0.15, 0.2) is 41.6 Å². The van der Waals surface area contributed by atoms with Crippen LogP contribution in [0.25, 0.3) is 11.0 Å². The quantitative estimate of drug-likeness (QED) is 0.658. The minimum Gasteiger partial charge on any atom is -0.478 e. The van der Waals surface area contributed by atoms with Gasteiger partial charge in [0.25, 0.3) is 0 Å². The van der Waals surface area contributed by atoms with Gasteiger partial charge in [0.2, 0.25) is 0 Å². The molecule has 1 aromatic heterocycles. The second-order valence-electron chi connectivity index (χ2n) is 4.58. The summed E-state index contributed by atoms with van der Waals surface area (Å²) in [4.78, 5) is 18.8. The van der Waals surface area contributed by atoms with Crippen LogP contribution in [0.3, 0.4) is 0 Å². The number of thioether (sulfide) groups is 1. The first-order chi connectivity index (χ1) is 10.5. The second-order valence-corrected chi connectivity index (χ2v) is 6.35. The van der Waals surface area contributed by atoms with E-state index in [4.69, 9.17) is 23.2 Å². The van der Waals surface area contributed by atoms with Crippen LogP contribution >= 0.6 is 35.0 Å². The molecule has 0 bridgehead atoms.